The number of piperazine rings is 1. The molecule has 146 valence electrons. The number of rotatable bonds is 6. The predicted octanol–water partition coefficient (Wildman–Crippen LogP) is 3.85. The standard InChI is InChI=1S/C18H25N3O2S.2ClH/c1-4-23-16-6-5-14(9-17(16)22-3)18-20-15(12-24-18)11-21-8-7-19-10-13(21)2;;/h5-6,9,12-13,19H,4,7-8,10-11H2,1-3H3;2*1H/t13-;;/m0../s1. The lowest BCUT2D eigenvalue weighted by molar-refractivity contribution is 0.164. The molecule has 0 bridgehead atoms. The molecule has 1 aliphatic rings. The van der Waals surface area contributed by atoms with Crippen molar-refractivity contribution in [3.63, 3.8) is 0 Å². The molecule has 0 amide bonds. The van der Waals surface area contributed by atoms with Crippen molar-refractivity contribution in [2.45, 2.75) is 26.4 Å². The maximum Gasteiger partial charge on any atom is 0.161 e. The molecule has 0 aliphatic carbocycles. The van der Waals surface area contributed by atoms with E-state index in [1.165, 1.54) is 0 Å². The Bertz CT molecular complexity index is 684. The average Bonchev–Trinajstić information content (AvgIpc) is 3.06. The number of benzene rings is 1. The molecule has 1 saturated heterocycles. The van der Waals surface area contributed by atoms with Crippen molar-refractivity contribution in [1.29, 1.82) is 0 Å². The van der Waals surface area contributed by atoms with Crippen LogP contribution in [0.5, 0.6) is 11.5 Å². The van der Waals surface area contributed by atoms with Gasteiger partial charge in [-0.1, -0.05) is 0 Å². The van der Waals surface area contributed by atoms with Crippen LogP contribution in [0.2, 0.25) is 0 Å². The number of thiazole rings is 1. The van der Waals surface area contributed by atoms with Gasteiger partial charge in [0, 0.05) is 43.2 Å². The van der Waals surface area contributed by atoms with Crippen molar-refractivity contribution in [1.82, 2.24) is 15.2 Å². The van der Waals surface area contributed by atoms with Gasteiger partial charge in [-0.05, 0) is 32.0 Å². The lowest BCUT2D eigenvalue weighted by Crippen LogP contribution is -2.49. The van der Waals surface area contributed by atoms with Gasteiger partial charge in [-0.3, -0.25) is 4.90 Å². The fourth-order valence-electron chi connectivity index (χ4n) is 2.91. The van der Waals surface area contributed by atoms with Gasteiger partial charge >= 0.3 is 0 Å². The van der Waals surface area contributed by atoms with Gasteiger partial charge in [-0.15, -0.1) is 36.2 Å². The molecule has 1 aromatic heterocycles. The Balaban J connectivity index is 0.00000169. The number of nitrogens with one attached hydrogen (secondary N) is 1. The van der Waals surface area contributed by atoms with E-state index in [-0.39, 0.29) is 24.8 Å². The molecule has 26 heavy (non-hydrogen) atoms. The van der Waals surface area contributed by atoms with Crippen LogP contribution in [0, 0.1) is 0 Å². The minimum atomic E-state index is 0. The highest BCUT2D eigenvalue weighted by molar-refractivity contribution is 7.13. The first kappa shape index (κ1) is 23.0. The highest BCUT2D eigenvalue weighted by Gasteiger charge is 2.19. The third-order valence-corrected chi connectivity index (χ3v) is 5.21. The fourth-order valence-corrected chi connectivity index (χ4v) is 3.72. The molecule has 0 radical (unpaired) electrons. The minimum absolute atomic E-state index is 0. The minimum Gasteiger partial charge on any atom is -0.493 e. The molecule has 1 atom stereocenters. The summed E-state index contributed by atoms with van der Waals surface area (Å²) in [7, 11) is 1.67. The van der Waals surface area contributed by atoms with E-state index in [0.29, 0.717) is 12.6 Å². The third kappa shape index (κ3) is 5.47. The highest BCUT2D eigenvalue weighted by atomic mass is 35.5. The molecule has 1 aromatic carbocycles. The van der Waals surface area contributed by atoms with Gasteiger partial charge in [-0.25, -0.2) is 4.98 Å². The first-order valence-corrected chi connectivity index (χ1v) is 9.29. The lowest BCUT2D eigenvalue weighted by atomic mass is 10.2. The van der Waals surface area contributed by atoms with Gasteiger partial charge in [0.25, 0.3) is 0 Å². The Kier molecular flexibility index (Phi) is 9.68. The van der Waals surface area contributed by atoms with E-state index in [4.69, 9.17) is 14.5 Å². The molecule has 3 rings (SSSR count). The molecule has 5 nitrogen and oxygen atoms in total. The zero-order valence-corrected chi connectivity index (χ0v) is 17.8. The van der Waals surface area contributed by atoms with E-state index in [1.54, 1.807) is 18.4 Å². The number of aromatic nitrogens is 1. The largest absolute Gasteiger partial charge is 0.493 e. The quantitative estimate of drug-likeness (QED) is 0.769. The van der Waals surface area contributed by atoms with Crippen LogP contribution in [0.15, 0.2) is 23.6 Å². The van der Waals surface area contributed by atoms with Crippen LogP contribution in [0.3, 0.4) is 0 Å². The molecular formula is C18H27Cl2N3O2S. The third-order valence-electron chi connectivity index (χ3n) is 4.27. The molecular weight excluding hydrogens is 393 g/mol. The van der Waals surface area contributed by atoms with E-state index < -0.39 is 0 Å². The van der Waals surface area contributed by atoms with Crippen LogP contribution in [-0.4, -0.2) is 49.3 Å². The Hall–Kier alpha value is -1.05. The molecule has 0 saturated carbocycles. The highest BCUT2D eigenvalue weighted by Crippen LogP contribution is 2.34. The average molecular weight is 420 g/mol. The maximum atomic E-state index is 5.58. The molecule has 1 aliphatic heterocycles. The van der Waals surface area contributed by atoms with Gasteiger partial charge < -0.3 is 14.8 Å². The number of halogens is 2. The van der Waals surface area contributed by atoms with E-state index in [1.807, 2.05) is 25.1 Å². The first-order valence-electron chi connectivity index (χ1n) is 8.41. The Morgan fingerprint density at radius 1 is 1.31 bits per heavy atom. The predicted molar refractivity (Wildman–Crippen MR) is 113 cm³/mol. The molecule has 1 fully saturated rings. The van der Waals surface area contributed by atoms with E-state index in [2.05, 4.69) is 22.5 Å². The summed E-state index contributed by atoms with van der Waals surface area (Å²) in [6.45, 7) is 8.94. The van der Waals surface area contributed by atoms with Crippen molar-refractivity contribution in [2.24, 2.45) is 0 Å². The van der Waals surface area contributed by atoms with Crippen molar-refractivity contribution < 1.29 is 9.47 Å². The first-order chi connectivity index (χ1) is 11.7. The van der Waals surface area contributed by atoms with Crippen LogP contribution in [-0.2, 0) is 6.54 Å². The SMILES string of the molecule is CCOc1ccc(-c2nc(CN3CCNC[C@@H]3C)cs2)cc1OC.Cl.Cl. The smallest absolute Gasteiger partial charge is 0.161 e. The summed E-state index contributed by atoms with van der Waals surface area (Å²) in [5, 5.41) is 6.61. The molecule has 0 spiro atoms. The van der Waals surface area contributed by atoms with Gasteiger partial charge in [-0.2, -0.15) is 0 Å². The van der Waals surface area contributed by atoms with Crippen LogP contribution in [0.25, 0.3) is 10.6 Å². The second-order valence-corrected chi connectivity index (χ2v) is 6.82. The summed E-state index contributed by atoms with van der Waals surface area (Å²) >= 11 is 1.68. The number of methoxy groups -OCH3 is 1. The summed E-state index contributed by atoms with van der Waals surface area (Å²) < 4.78 is 11.0. The zero-order valence-electron chi connectivity index (χ0n) is 15.4. The van der Waals surface area contributed by atoms with Crippen molar-refractivity contribution >= 4 is 36.2 Å². The van der Waals surface area contributed by atoms with Crippen LogP contribution in [0.4, 0.5) is 0 Å². The van der Waals surface area contributed by atoms with Crippen molar-refractivity contribution in [2.75, 3.05) is 33.4 Å². The van der Waals surface area contributed by atoms with Gasteiger partial charge in [0.05, 0.1) is 19.4 Å². The maximum absolute atomic E-state index is 5.58. The second kappa shape index (κ2) is 10.9. The monoisotopic (exact) mass is 419 g/mol. The summed E-state index contributed by atoms with van der Waals surface area (Å²) in [5.41, 5.74) is 2.21. The van der Waals surface area contributed by atoms with E-state index in [0.717, 1.165) is 53.9 Å². The van der Waals surface area contributed by atoms with Gasteiger partial charge in [0.2, 0.25) is 0 Å². The van der Waals surface area contributed by atoms with Crippen LogP contribution in [0.1, 0.15) is 19.5 Å². The normalized spacial score (nSPS) is 17.1. The zero-order chi connectivity index (χ0) is 16.9. The van der Waals surface area contributed by atoms with E-state index >= 15 is 0 Å². The summed E-state index contributed by atoms with van der Waals surface area (Å²) in [6, 6.07) is 6.55. The van der Waals surface area contributed by atoms with Crippen LogP contribution < -0.4 is 14.8 Å². The van der Waals surface area contributed by atoms with E-state index in [9.17, 15) is 0 Å². The molecule has 2 aromatic rings. The summed E-state index contributed by atoms with van der Waals surface area (Å²) in [6.07, 6.45) is 0. The second-order valence-electron chi connectivity index (χ2n) is 5.97. The molecule has 2 heterocycles. The molecule has 8 heteroatoms. The van der Waals surface area contributed by atoms with Gasteiger partial charge in [0.1, 0.15) is 5.01 Å². The summed E-state index contributed by atoms with van der Waals surface area (Å²) in [4.78, 5) is 7.30. The Morgan fingerprint density at radius 2 is 2.12 bits per heavy atom. The summed E-state index contributed by atoms with van der Waals surface area (Å²) in [5.74, 6) is 1.52. The Morgan fingerprint density at radius 3 is 2.81 bits per heavy atom. The number of ether oxygens (including phenoxy) is 2. The fraction of sp³-hybridized carbons (Fsp3) is 0.500. The number of hydrogen-bond donors (Lipinski definition) is 1. The Labute approximate surface area is 171 Å². The van der Waals surface area contributed by atoms with Crippen molar-refractivity contribution in [3.8, 4) is 22.1 Å². The van der Waals surface area contributed by atoms with Gasteiger partial charge in [0.15, 0.2) is 11.5 Å². The lowest BCUT2D eigenvalue weighted by Gasteiger charge is -2.33. The number of hydrogen-bond acceptors (Lipinski definition) is 6. The topological polar surface area (TPSA) is 46.6 Å². The molecule has 1 N–H and O–H groups in total. The number of nitrogens with zero attached hydrogens (tertiary/aromatic N) is 2. The molecule has 0 unspecified atom stereocenters. The van der Waals surface area contributed by atoms with Crippen molar-refractivity contribution in [3.05, 3.63) is 29.3 Å². The van der Waals surface area contributed by atoms with Crippen LogP contribution >= 0.6 is 36.2 Å².